The molecule has 1 aromatic carbocycles. The number of aryl methyl sites for hydroxylation is 1. The Morgan fingerprint density at radius 3 is 2.73 bits per heavy atom. The SMILES string of the molecule is CCCN1C(=O)C2C(N=C3N(c4ccc(C)c(Cl)c4)CCN32)N(C)C1=O. The van der Waals surface area contributed by atoms with Gasteiger partial charge in [0.1, 0.15) is 0 Å². The number of hydrogen-bond acceptors (Lipinski definition) is 5. The summed E-state index contributed by atoms with van der Waals surface area (Å²) in [6.45, 7) is 5.79. The lowest BCUT2D eigenvalue weighted by Gasteiger charge is -2.40. The first-order chi connectivity index (χ1) is 12.4. The van der Waals surface area contributed by atoms with Gasteiger partial charge >= 0.3 is 6.03 Å². The van der Waals surface area contributed by atoms with Crippen molar-refractivity contribution in [2.45, 2.75) is 32.5 Å². The molecule has 0 saturated carbocycles. The summed E-state index contributed by atoms with van der Waals surface area (Å²) in [5.74, 6) is 0.591. The molecule has 0 aromatic heterocycles. The van der Waals surface area contributed by atoms with Crippen LogP contribution in [-0.2, 0) is 4.79 Å². The predicted octanol–water partition coefficient (Wildman–Crippen LogP) is 2.14. The molecule has 2 unspecified atom stereocenters. The number of benzene rings is 1. The Kier molecular flexibility index (Phi) is 4.06. The lowest BCUT2D eigenvalue weighted by molar-refractivity contribution is -0.137. The van der Waals surface area contributed by atoms with E-state index in [4.69, 9.17) is 16.6 Å². The van der Waals surface area contributed by atoms with Crippen LogP contribution in [0.2, 0.25) is 5.02 Å². The van der Waals surface area contributed by atoms with Crippen molar-refractivity contribution < 1.29 is 9.59 Å². The molecule has 3 amide bonds. The molecule has 3 heterocycles. The fourth-order valence-corrected chi connectivity index (χ4v) is 4.04. The number of fused-ring (bicyclic) bond motifs is 3. The van der Waals surface area contributed by atoms with Crippen LogP contribution < -0.4 is 4.90 Å². The fraction of sp³-hybridized carbons (Fsp3) is 0.500. The normalized spacial score (nSPS) is 25.0. The Hall–Kier alpha value is -2.28. The van der Waals surface area contributed by atoms with Crippen LogP contribution in [0, 0.1) is 6.92 Å². The number of nitrogens with zero attached hydrogens (tertiary/aromatic N) is 5. The maximum atomic E-state index is 13.0. The highest BCUT2D eigenvalue weighted by molar-refractivity contribution is 6.31. The van der Waals surface area contributed by atoms with E-state index in [2.05, 4.69) is 4.90 Å². The number of rotatable bonds is 3. The Morgan fingerprint density at radius 1 is 1.27 bits per heavy atom. The van der Waals surface area contributed by atoms with Gasteiger partial charge in [0.25, 0.3) is 5.91 Å². The number of aliphatic imine (C=N–C) groups is 1. The molecule has 2 saturated heterocycles. The highest BCUT2D eigenvalue weighted by Gasteiger charge is 2.54. The van der Waals surface area contributed by atoms with Crippen LogP contribution >= 0.6 is 11.6 Å². The molecule has 138 valence electrons. The number of hydrogen-bond donors (Lipinski definition) is 0. The molecule has 0 aliphatic carbocycles. The van der Waals surface area contributed by atoms with E-state index in [1.165, 1.54) is 4.90 Å². The summed E-state index contributed by atoms with van der Waals surface area (Å²) < 4.78 is 0. The maximum absolute atomic E-state index is 13.0. The molecule has 3 aliphatic heterocycles. The van der Waals surface area contributed by atoms with E-state index in [-0.39, 0.29) is 11.9 Å². The summed E-state index contributed by atoms with van der Waals surface area (Å²) in [5.41, 5.74) is 1.97. The van der Waals surface area contributed by atoms with E-state index in [1.807, 2.05) is 36.9 Å². The van der Waals surface area contributed by atoms with Gasteiger partial charge in [-0.25, -0.2) is 9.79 Å². The molecular weight excluding hydrogens is 354 g/mol. The van der Waals surface area contributed by atoms with Crippen LogP contribution in [0.25, 0.3) is 0 Å². The predicted molar refractivity (Wildman–Crippen MR) is 100 cm³/mol. The van der Waals surface area contributed by atoms with Crippen molar-refractivity contribution in [2.75, 3.05) is 31.6 Å². The second-order valence-electron chi connectivity index (χ2n) is 6.95. The summed E-state index contributed by atoms with van der Waals surface area (Å²) in [5, 5.41) is 0.703. The lowest BCUT2D eigenvalue weighted by Crippen LogP contribution is -2.64. The topological polar surface area (TPSA) is 59.5 Å². The quantitative estimate of drug-likeness (QED) is 0.812. The number of halogens is 1. The number of imide groups is 1. The molecule has 3 aliphatic rings. The highest BCUT2D eigenvalue weighted by Crippen LogP contribution is 2.34. The Morgan fingerprint density at radius 2 is 2.04 bits per heavy atom. The molecule has 1 aromatic rings. The summed E-state index contributed by atoms with van der Waals surface area (Å²) in [4.78, 5) is 37.3. The molecule has 26 heavy (non-hydrogen) atoms. The zero-order valence-corrected chi connectivity index (χ0v) is 15.9. The van der Waals surface area contributed by atoms with E-state index < -0.39 is 12.2 Å². The van der Waals surface area contributed by atoms with Crippen LogP contribution in [0.3, 0.4) is 0 Å². The second kappa shape index (κ2) is 6.16. The van der Waals surface area contributed by atoms with Gasteiger partial charge < -0.3 is 14.7 Å². The van der Waals surface area contributed by atoms with Gasteiger partial charge in [0.05, 0.1) is 0 Å². The Labute approximate surface area is 157 Å². The maximum Gasteiger partial charge on any atom is 0.328 e. The van der Waals surface area contributed by atoms with Gasteiger partial charge in [0.15, 0.2) is 12.2 Å². The third-order valence-corrected chi connectivity index (χ3v) is 5.70. The van der Waals surface area contributed by atoms with Crippen molar-refractivity contribution in [1.82, 2.24) is 14.7 Å². The van der Waals surface area contributed by atoms with Crippen LogP contribution in [0.1, 0.15) is 18.9 Å². The standard InChI is InChI=1S/C18H22ClN5O2/c1-4-7-24-16(25)14-15(21(3)18(24)26)20-17-22(8-9-23(14)17)12-6-5-11(2)13(19)10-12/h5-6,10,14-15H,4,7-9H2,1-3H3. The molecule has 4 rings (SSSR count). The zero-order chi connectivity index (χ0) is 18.6. The molecule has 2 fully saturated rings. The van der Waals surface area contributed by atoms with Crippen molar-refractivity contribution in [3.8, 4) is 0 Å². The summed E-state index contributed by atoms with van der Waals surface area (Å²) in [6.07, 6.45) is 0.270. The number of carbonyl (C=O) groups excluding carboxylic acids is 2. The molecule has 0 spiro atoms. The summed E-state index contributed by atoms with van der Waals surface area (Å²) in [7, 11) is 1.72. The van der Waals surface area contributed by atoms with Crippen LogP contribution in [0.4, 0.5) is 10.5 Å². The number of carbonyl (C=O) groups is 2. The van der Waals surface area contributed by atoms with Crippen molar-refractivity contribution in [3.63, 3.8) is 0 Å². The highest BCUT2D eigenvalue weighted by atomic mass is 35.5. The smallest absolute Gasteiger partial charge is 0.325 e. The van der Waals surface area contributed by atoms with Crippen LogP contribution in [0.5, 0.6) is 0 Å². The monoisotopic (exact) mass is 375 g/mol. The fourth-order valence-electron chi connectivity index (χ4n) is 3.86. The molecule has 8 heteroatoms. The van der Waals surface area contributed by atoms with E-state index in [0.717, 1.165) is 30.2 Å². The van der Waals surface area contributed by atoms with E-state index in [9.17, 15) is 9.59 Å². The molecule has 2 atom stereocenters. The molecule has 0 N–H and O–H groups in total. The zero-order valence-electron chi connectivity index (χ0n) is 15.1. The largest absolute Gasteiger partial charge is 0.328 e. The summed E-state index contributed by atoms with van der Waals surface area (Å²) >= 11 is 6.28. The van der Waals surface area contributed by atoms with Gasteiger partial charge in [-0.2, -0.15) is 0 Å². The number of guanidine groups is 1. The van der Waals surface area contributed by atoms with Gasteiger partial charge in [0, 0.05) is 37.4 Å². The van der Waals surface area contributed by atoms with Gasteiger partial charge in [-0.1, -0.05) is 24.6 Å². The van der Waals surface area contributed by atoms with Gasteiger partial charge in [-0.3, -0.25) is 9.69 Å². The average Bonchev–Trinajstić information content (AvgIpc) is 3.18. The number of urea groups is 1. The average molecular weight is 376 g/mol. The minimum absolute atomic E-state index is 0.150. The first-order valence-electron chi connectivity index (χ1n) is 8.90. The molecule has 0 bridgehead atoms. The van der Waals surface area contributed by atoms with Crippen molar-refractivity contribution in [2.24, 2.45) is 4.99 Å². The van der Waals surface area contributed by atoms with Crippen molar-refractivity contribution in [3.05, 3.63) is 28.8 Å². The first-order valence-corrected chi connectivity index (χ1v) is 9.28. The van der Waals surface area contributed by atoms with E-state index >= 15 is 0 Å². The molecule has 0 radical (unpaired) electrons. The van der Waals surface area contributed by atoms with Crippen LogP contribution in [-0.4, -0.2) is 71.5 Å². The number of likely N-dealkylation sites (N-methyl/N-ethyl adjacent to an activating group) is 1. The summed E-state index contributed by atoms with van der Waals surface area (Å²) in [6, 6.07) is 5.20. The van der Waals surface area contributed by atoms with Gasteiger partial charge in [0.2, 0.25) is 5.96 Å². The van der Waals surface area contributed by atoms with E-state index in [1.54, 1.807) is 11.9 Å². The van der Waals surface area contributed by atoms with Gasteiger partial charge in [-0.05, 0) is 31.0 Å². The Balaban J connectivity index is 1.67. The second-order valence-corrected chi connectivity index (χ2v) is 7.36. The minimum Gasteiger partial charge on any atom is -0.325 e. The lowest BCUT2D eigenvalue weighted by atomic mass is 10.1. The van der Waals surface area contributed by atoms with E-state index in [0.29, 0.717) is 18.1 Å². The molecule has 7 nitrogen and oxygen atoms in total. The Bertz CT molecular complexity index is 811. The number of amides is 3. The first kappa shape index (κ1) is 17.1. The van der Waals surface area contributed by atoms with Gasteiger partial charge in [-0.15, -0.1) is 0 Å². The third kappa shape index (κ3) is 2.37. The van der Waals surface area contributed by atoms with Crippen LogP contribution in [0.15, 0.2) is 23.2 Å². The third-order valence-electron chi connectivity index (χ3n) is 5.29. The number of anilines is 1. The van der Waals surface area contributed by atoms with Crippen molar-refractivity contribution >= 4 is 35.2 Å². The molecular formula is C18H22ClN5O2. The minimum atomic E-state index is -0.471. The van der Waals surface area contributed by atoms with Crippen molar-refractivity contribution in [1.29, 1.82) is 0 Å².